The summed E-state index contributed by atoms with van der Waals surface area (Å²) in [6.45, 7) is 1.79. The van der Waals surface area contributed by atoms with Crippen LogP contribution in [0.25, 0.3) is 0 Å². The van der Waals surface area contributed by atoms with Crippen LogP contribution in [0.3, 0.4) is 0 Å². The molecule has 0 atom stereocenters. The van der Waals surface area contributed by atoms with Gasteiger partial charge in [0.25, 0.3) is 10.1 Å². The third-order valence-corrected chi connectivity index (χ3v) is 2.72. The summed E-state index contributed by atoms with van der Waals surface area (Å²) in [5, 5.41) is 2.84. The number of nitrogens with one attached hydrogen (secondary N) is 1. The molecule has 0 spiro atoms. The lowest BCUT2D eigenvalue weighted by atomic mass is 10.1. The van der Waals surface area contributed by atoms with Crippen LogP contribution in [-0.2, 0) is 10.1 Å². The monoisotopic (exact) mass is 185 g/mol. The molecular formula is C7H7NO3S. The molecule has 4 nitrogen and oxygen atoms in total. The van der Waals surface area contributed by atoms with Gasteiger partial charge in [-0.3, -0.25) is 9.87 Å². The predicted molar refractivity (Wildman–Crippen MR) is 43.0 cm³/mol. The van der Waals surface area contributed by atoms with Gasteiger partial charge < -0.3 is 0 Å². The second kappa shape index (κ2) is 2.18. The summed E-state index contributed by atoms with van der Waals surface area (Å²) in [6.07, 6.45) is 3.24. The van der Waals surface area contributed by atoms with Gasteiger partial charge in [0.1, 0.15) is 6.04 Å². The van der Waals surface area contributed by atoms with E-state index in [-0.39, 0.29) is 4.91 Å². The summed E-state index contributed by atoms with van der Waals surface area (Å²) in [4.78, 5) is -0.0301. The number of rotatable bonds is 1. The van der Waals surface area contributed by atoms with E-state index in [9.17, 15) is 8.42 Å². The minimum atomic E-state index is -4.07. The molecule has 0 aromatic heterocycles. The van der Waals surface area contributed by atoms with Crippen molar-refractivity contribution in [2.75, 3.05) is 0 Å². The lowest BCUT2D eigenvalue weighted by Crippen LogP contribution is -2.16. The molecule has 5 heteroatoms. The van der Waals surface area contributed by atoms with Crippen LogP contribution in [0.15, 0.2) is 22.6 Å². The zero-order valence-electron chi connectivity index (χ0n) is 6.33. The third-order valence-electron chi connectivity index (χ3n) is 1.85. The van der Waals surface area contributed by atoms with Crippen LogP contribution in [-0.4, -0.2) is 13.0 Å². The highest BCUT2D eigenvalue weighted by molar-refractivity contribution is 7.90. The molecule has 0 saturated heterocycles. The van der Waals surface area contributed by atoms with Gasteiger partial charge >= 0.3 is 0 Å². The van der Waals surface area contributed by atoms with Crippen LogP contribution in [0.1, 0.15) is 6.92 Å². The lowest BCUT2D eigenvalue weighted by Gasteiger charge is -2.08. The molecule has 0 amide bonds. The quantitative estimate of drug-likeness (QED) is 0.580. The van der Waals surface area contributed by atoms with Gasteiger partial charge in [0.05, 0.1) is 10.9 Å². The number of fused-ring (bicyclic) bond motifs is 2. The standard InChI is InChI=1S/C7H7NO3S/c1-4-2-5-3-6(7(4)8-5)12(9,10)11/h2-3,8H,1H3,(H,9,10,11). The van der Waals surface area contributed by atoms with E-state index in [1.54, 1.807) is 6.92 Å². The van der Waals surface area contributed by atoms with Crippen molar-refractivity contribution in [3.05, 3.63) is 34.7 Å². The highest BCUT2D eigenvalue weighted by Crippen LogP contribution is 2.39. The van der Waals surface area contributed by atoms with Crippen molar-refractivity contribution in [1.82, 2.24) is 5.32 Å². The average molecular weight is 185 g/mol. The van der Waals surface area contributed by atoms with E-state index in [1.807, 2.05) is 6.08 Å². The molecule has 0 aromatic carbocycles. The van der Waals surface area contributed by atoms with Crippen molar-refractivity contribution in [3.63, 3.8) is 0 Å². The number of hydrogen-bond donors (Lipinski definition) is 2. The Kier molecular flexibility index (Phi) is 1.45. The molecule has 2 aliphatic heterocycles. The highest BCUT2D eigenvalue weighted by Gasteiger charge is 2.38. The molecule has 2 rings (SSSR count). The van der Waals surface area contributed by atoms with Gasteiger partial charge in [-0.2, -0.15) is 8.42 Å². The summed E-state index contributed by atoms with van der Waals surface area (Å²) in [5.41, 5.74) is 0.833. The van der Waals surface area contributed by atoms with E-state index in [0.29, 0.717) is 6.04 Å². The van der Waals surface area contributed by atoms with E-state index in [2.05, 4.69) is 5.32 Å². The van der Waals surface area contributed by atoms with Gasteiger partial charge in [0.2, 0.25) is 0 Å². The molecule has 0 unspecified atom stereocenters. The zero-order valence-corrected chi connectivity index (χ0v) is 7.14. The molecule has 0 fully saturated rings. The van der Waals surface area contributed by atoms with Crippen LogP contribution >= 0.6 is 0 Å². The minimum Gasteiger partial charge on any atom is -0.287 e. The first-order chi connectivity index (χ1) is 5.48. The van der Waals surface area contributed by atoms with Crippen molar-refractivity contribution in [1.29, 1.82) is 0 Å². The minimum absolute atomic E-state index is 0.0301. The van der Waals surface area contributed by atoms with E-state index < -0.39 is 10.1 Å². The fourth-order valence-electron chi connectivity index (χ4n) is 1.33. The largest absolute Gasteiger partial charge is 0.292 e. The van der Waals surface area contributed by atoms with Gasteiger partial charge in [0, 0.05) is 0 Å². The van der Waals surface area contributed by atoms with Gasteiger partial charge in [-0.25, -0.2) is 0 Å². The summed E-state index contributed by atoms with van der Waals surface area (Å²) in [6, 6.07) is 1.21. The van der Waals surface area contributed by atoms with Crippen molar-refractivity contribution >= 4 is 10.1 Å². The SMILES string of the molecule is CC1=C[C]2C=C(S(=O)(=O)O)[C]1N2. The van der Waals surface area contributed by atoms with E-state index in [1.165, 1.54) is 6.08 Å². The van der Waals surface area contributed by atoms with Crippen LogP contribution in [0.5, 0.6) is 0 Å². The van der Waals surface area contributed by atoms with Gasteiger partial charge in [-0.15, -0.1) is 0 Å². The van der Waals surface area contributed by atoms with Gasteiger partial charge in [-0.05, 0) is 18.6 Å². The second-order valence-corrected chi connectivity index (χ2v) is 4.16. The van der Waals surface area contributed by atoms with Crippen molar-refractivity contribution in [3.8, 4) is 0 Å². The molecule has 64 valence electrons. The molecule has 2 radical (unpaired) electrons. The number of hydrogen-bond acceptors (Lipinski definition) is 3. The Labute approximate surface area is 70.7 Å². The molecular weight excluding hydrogens is 178 g/mol. The van der Waals surface area contributed by atoms with Crippen LogP contribution in [0.4, 0.5) is 0 Å². The molecule has 12 heavy (non-hydrogen) atoms. The average Bonchev–Trinajstić information content (AvgIpc) is 2.41. The lowest BCUT2D eigenvalue weighted by molar-refractivity contribution is 0.490. The van der Waals surface area contributed by atoms with Crippen molar-refractivity contribution in [2.24, 2.45) is 0 Å². The fraction of sp³-hybridized carbons (Fsp3) is 0.143. The van der Waals surface area contributed by atoms with E-state index >= 15 is 0 Å². The van der Waals surface area contributed by atoms with Gasteiger partial charge in [-0.1, -0.05) is 6.08 Å². The fourth-order valence-corrected chi connectivity index (χ4v) is 2.08. The van der Waals surface area contributed by atoms with Gasteiger partial charge in [0.15, 0.2) is 0 Å². The highest BCUT2D eigenvalue weighted by atomic mass is 32.2. The maximum absolute atomic E-state index is 10.8. The molecule has 2 N–H and O–H groups in total. The molecule has 0 saturated carbocycles. The first-order valence-electron chi connectivity index (χ1n) is 3.37. The maximum atomic E-state index is 10.8. The molecule has 2 aliphatic rings. The second-order valence-electron chi connectivity index (χ2n) is 2.77. The summed E-state index contributed by atoms with van der Waals surface area (Å²) in [5.74, 6) is 0. The first-order valence-corrected chi connectivity index (χ1v) is 4.81. The molecule has 0 aromatic rings. The van der Waals surface area contributed by atoms with Crippen molar-refractivity contribution in [2.45, 2.75) is 6.92 Å². The maximum Gasteiger partial charge on any atom is 0.292 e. The Balaban J connectivity index is 2.42. The Bertz CT molecular complexity index is 379. The third kappa shape index (κ3) is 1.01. The Morgan fingerprint density at radius 3 is 2.42 bits per heavy atom. The topological polar surface area (TPSA) is 66.4 Å². The Morgan fingerprint density at radius 2 is 2.08 bits per heavy atom. The summed E-state index contributed by atoms with van der Waals surface area (Å²) >= 11 is 0. The normalized spacial score (nSPS) is 24.5. The predicted octanol–water partition coefficient (Wildman–Crippen LogP) is 0.385. The molecule has 2 heterocycles. The summed E-state index contributed by atoms with van der Waals surface area (Å²) < 4.78 is 30.3. The van der Waals surface area contributed by atoms with E-state index in [0.717, 1.165) is 11.6 Å². The van der Waals surface area contributed by atoms with Crippen LogP contribution in [0, 0.1) is 12.1 Å². The van der Waals surface area contributed by atoms with Crippen LogP contribution in [0.2, 0.25) is 0 Å². The Hall–Kier alpha value is -0.650. The van der Waals surface area contributed by atoms with Crippen molar-refractivity contribution < 1.29 is 13.0 Å². The first kappa shape index (κ1) is 7.97. The van der Waals surface area contributed by atoms with E-state index in [4.69, 9.17) is 4.55 Å². The molecule has 0 aliphatic carbocycles. The Morgan fingerprint density at radius 1 is 1.42 bits per heavy atom. The smallest absolute Gasteiger partial charge is 0.287 e. The zero-order chi connectivity index (χ0) is 8.93. The van der Waals surface area contributed by atoms with Crippen LogP contribution < -0.4 is 5.32 Å². The molecule has 2 bridgehead atoms. The summed E-state index contributed by atoms with van der Waals surface area (Å²) in [7, 11) is -4.07.